The third-order valence-electron chi connectivity index (χ3n) is 3.25. The number of hydrogen-bond acceptors (Lipinski definition) is 4. The van der Waals surface area contributed by atoms with Crippen LogP contribution < -0.4 is 5.32 Å². The van der Waals surface area contributed by atoms with E-state index in [-0.39, 0.29) is 17.7 Å². The molecule has 3 rings (SSSR count). The normalized spacial score (nSPS) is 10.5. The second kappa shape index (κ2) is 7.07. The highest BCUT2D eigenvalue weighted by molar-refractivity contribution is 6.30. The molecule has 23 heavy (non-hydrogen) atoms. The van der Waals surface area contributed by atoms with Crippen molar-refractivity contribution >= 4 is 17.5 Å². The van der Waals surface area contributed by atoms with Crippen LogP contribution in [0.4, 0.5) is 0 Å². The maximum atomic E-state index is 12.0. The number of hydrogen-bond donors (Lipinski definition) is 1. The molecule has 6 heteroatoms. The van der Waals surface area contributed by atoms with E-state index in [0.717, 1.165) is 12.0 Å². The topological polar surface area (TPSA) is 68.0 Å². The van der Waals surface area contributed by atoms with E-state index in [1.54, 1.807) is 24.3 Å². The first-order chi connectivity index (χ1) is 11.2. The minimum atomic E-state index is -0.381. The fourth-order valence-electron chi connectivity index (χ4n) is 2.06. The van der Waals surface area contributed by atoms with Crippen LogP contribution in [0.1, 0.15) is 16.2 Å². The van der Waals surface area contributed by atoms with Crippen LogP contribution in [0.2, 0.25) is 5.02 Å². The Bertz CT molecular complexity index is 785. The quantitative estimate of drug-likeness (QED) is 0.780. The van der Waals surface area contributed by atoms with E-state index in [9.17, 15) is 4.79 Å². The average Bonchev–Trinajstić information content (AvgIpc) is 3.06. The van der Waals surface area contributed by atoms with Crippen molar-refractivity contribution in [2.45, 2.75) is 6.42 Å². The zero-order valence-corrected chi connectivity index (χ0v) is 13.0. The average molecular weight is 328 g/mol. The predicted molar refractivity (Wildman–Crippen MR) is 87.2 cm³/mol. The summed E-state index contributed by atoms with van der Waals surface area (Å²) < 4.78 is 5.40. The third-order valence-corrected chi connectivity index (χ3v) is 3.50. The van der Waals surface area contributed by atoms with Gasteiger partial charge in [-0.25, -0.2) is 0 Å². The Morgan fingerprint density at radius 3 is 2.52 bits per heavy atom. The summed E-state index contributed by atoms with van der Waals surface area (Å²) in [6.45, 7) is 0.501. The molecule has 1 amide bonds. The van der Waals surface area contributed by atoms with Gasteiger partial charge in [0.1, 0.15) is 0 Å². The molecule has 0 aliphatic rings. The van der Waals surface area contributed by atoms with E-state index in [1.807, 2.05) is 30.3 Å². The summed E-state index contributed by atoms with van der Waals surface area (Å²) in [5, 5.41) is 11.0. The molecule has 0 radical (unpaired) electrons. The number of rotatable bonds is 5. The highest BCUT2D eigenvalue weighted by Gasteiger charge is 2.15. The minimum Gasteiger partial charge on any atom is -0.412 e. The number of aromatic nitrogens is 2. The molecule has 1 N–H and O–H groups in total. The maximum Gasteiger partial charge on any atom is 0.308 e. The largest absolute Gasteiger partial charge is 0.412 e. The molecular weight excluding hydrogens is 314 g/mol. The Kier molecular flexibility index (Phi) is 4.68. The van der Waals surface area contributed by atoms with Crippen molar-refractivity contribution in [2.24, 2.45) is 0 Å². The highest BCUT2D eigenvalue weighted by atomic mass is 35.5. The molecule has 0 unspecified atom stereocenters. The first-order valence-corrected chi connectivity index (χ1v) is 7.52. The van der Waals surface area contributed by atoms with Crippen LogP contribution in [0.3, 0.4) is 0 Å². The van der Waals surface area contributed by atoms with E-state index in [4.69, 9.17) is 16.0 Å². The molecule has 3 aromatic rings. The molecule has 0 aliphatic carbocycles. The lowest BCUT2D eigenvalue weighted by Gasteiger charge is -2.02. The second-order valence-corrected chi connectivity index (χ2v) is 5.35. The van der Waals surface area contributed by atoms with E-state index < -0.39 is 0 Å². The van der Waals surface area contributed by atoms with E-state index >= 15 is 0 Å². The Balaban J connectivity index is 1.59. The fraction of sp³-hybridized carbons (Fsp3) is 0.118. The molecule has 1 aromatic heterocycles. The Labute approximate surface area is 138 Å². The first kappa shape index (κ1) is 15.2. The lowest BCUT2D eigenvalue weighted by Crippen LogP contribution is -2.25. The highest BCUT2D eigenvalue weighted by Crippen LogP contribution is 2.20. The van der Waals surface area contributed by atoms with Gasteiger partial charge in [0.05, 0.1) is 0 Å². The number of nitrogens with zero attached hydrogens (tertiary/aromatic N) is 2. The van der Waals surface area contributed by atoms with Crippen molar-refractivity contribution in [3.63, 3.8) is 0 Å². The summed E-state index contributed by atoms with van der Waals surface area (Å²) in [5.74, 6) is -0.147. The zero-order valence-electron chi connectivity index (χ0n) is 12.2. The number of nitrogens with one attached hydrogen (secondary N) is 1. The zero-order chi connectivity index (χ0) is 16.1. The van der Waals surface area contributed by atoms with Gasteiger partial charge in [-0.1, -0.05) is 41.9 Å². The van der Waals surface area contributed by atoms with Crippen LogP contribution in [0.5, 0.6) is 0 Å². The number of amides is 1. The van der Waals surface area contributed by atoms with Gasteiger partial charge in [0.25, 0.3) is 0 Å². The van der Waals surface area contributed by atoms with Gasteiger partial charge in [0.15, 0.2) is 0 Å². The molecular formula is C17H14ClN3O2. The molecule has 0 atom stereocenters. The third kappa shape index (κ3) is 3.96. The van der Waals surface area contributed by atoms with Crippen LogP contribution in [0.15, 0.2) is 59.0 Å². The van der Waals surface area contributed by atoms with E-state index in [0.29, 0.717) is 17.1 Å². The Hall–Kier alpha value is -2.66. The molecule has 5 nitrogen and oxygen atoms in total. The molecule has 0 saturated carbocycles. The lowest BCUT2D eigenvalue weighted by molar-refractivity contribution is 0.0920. The number of carbonyl (C=O) groups excluding carboxylic acids is 1. The molecule has 0 bridgehead atoms. The van der Waals surface area contributed by atoms with Gasteiger partial charge < -0.3 is 9.73 Å². The van der Waals surface area contributed by atoms with Gasteiger partial charge in [-0.05, 0) is 36.2 Å². The van der Waals surface area contributed by atoms with Crippen LogP contribution in [-0.4, -0.2) is 22.6 Å². The van der Waals surface area contributed by atoms with Crippen LogP contribution >= 0.6 is 11.6 Å². The van der Waals surface area contributed by atoms with Crippen LogP contribution in [-0.2, 0) is 6.42 Å². The SMILES string of the molecule is O=C(NCCc1ccccc1)c1nnc(-c2ccc(Cl)cc2)o1. The van der Waals surface area contributed by atoms with Gasteiger partial charge in [-0.3, -0.25) is 4.79 Å². The van der Waals surface area contributed by atoms with Crippen molar-refractivity contribution in [1.29, 1.82) is 0 Å². The summed E-state index contributed by atoms with van der Waals surface area (Å²) in [7, 11) is 0. The summed E-state index contributed by atoms with van der Waals surface area (Å²) in [5.41, 5.74) is 1.87. The van der Waals surface area contributed by atoms with Crippen LogP contribution in [0.25, 0.3) is 11.5 Å². The summed E-state index contributed by atoms with van der Waals surface area (Å²) in [4.78, 5) is 12.0. The predicted octanol–water partition coefficient (Wildman–Crippen LogP) is 3.36. The molecule has 0 saturated heterocycles. The van der Waals surface area contributed by atoms with Crippen molar-refractivity contribution in [3.05, 3.63) is 71.1 Å². The Morgan fingerprint density at radius 1 is 1.04 bits per heavy atom. The van der Waals surface area contributed by atoms with Gasteiger partial charge >= 0.3 is 11.8 Å². The van der Waals surface area contributed by atoms with Gasteiger partial charge in [0.2, 0.25) is 5.89 Å². The van der Waals surface area contributed by atoms with E-state index in [1.165, 1.54) is 0 Å². The van der Waals surface area contributed by atoms with Crippen molar-refractivity contribution in [3.8, 4) is 11.5 Å². The first-order valence-electron chi connectivity index (χ1n) is 7.14. The molecule has 0 spiro atoms. The van der Waals surface area contributed by atoms with Crippen molar-refractivity contribution in [2.75, 3.05) is 6.54 Å². The molecule has 0 fully saturated rings. The summed E-state index contributed by atoms with van der Waals surface area (Å²) in [6, 6.07) is 16.9. The molecule has 2 aromatic carbocycles. The van der Waals surface area contributed by atoms with Gasteiger partial charge in [-0.2, -0.15) is 0 Å². The number of benzene rings is 2. The number of halogens is 1. The number of carbonyl (C=O) groups is 1. The van der Waals surface area contributed by atoms with E-state index in [2.05, 4.69) is 15.5 Å². The van der Waals surface area contributed by atoms with Crippen molar-refractivity contribution in [1.82, 2.24) is 15.5 Å². The monoisotopic (exact) mass is 327 g/mol. The smallest absolute Gasteiger partial charge is 0.308 e. The summed E-state index contributed by atoms with van der Waals surface area (Å²) in [6.07, 6.45) is 0.741. The van der Waals surface area contributed by atoms with Crippen LogP contribution in [0, 0.1) is 0 Å². The lowest BCUT2D eigenvalue weighted by atomic mass is 10.1. The Morgan fingerprint density at radius 2 is 1.78 bits per heavy atom. The van der Waals surface area contributed by atoms with Gasteiger partial charge in [0, 0.05) is 17.1 Å². The molecule has 1 heterocycles. The fourth-order valence-corrected chi connectivity index (χ4v) is 2.19. The second-order valence-electron chi connectivity index (χ2n) is 4.91. The molecule has 116 valence electrons. The standard InChI is InChI=1S/C17H14ClN3O2/c18-14-8-6-13(7-9-14)16-20-21-17(23-16)15(22)19-11-10-12-4-2-1-3-5-12/h1-9H,10-11H2,(H,19,22). The van der Waals surface area contributed by atoms with Crippen molar-refractivity contribution < 1.29 is 9.21 Å². The summed E-state index contributed by atoms with van der Waals surface area (Å²) >= 11 is 5.83. The molecule has 0 aliphatic heterocycles. The van der Waals surface area contributed by atoms with Gasteiger partial charge in [-0.15, -0.1) is 10.2 Å². The maximum absolute atomic E-state index is 12.0. The minimum absolute atomic E-state index is 0.0528.